The van der Waals surface area contributed by atoms with Gasteiger partial charge in [-0.25, -0.2) is 0 Å². The minimum Gasteiger partial charge on any atom is -0.504 e. The van der Waals surface area contributed by atoms with Crippen LogP contribution in [-0.2, 0) is 16.0 Å². The molecule has 0 heterocycles. The van der Waals surface area contributed by atoms with Gasteiger partial charge in [-0.15, -0.1) is 0 Å². The van der Waals surface area contributed by atoms with Gasteiger partial charge in [0.1, 0.15) is 6.04 Å². The summed E-state index contributed by atoms with van der Waals surface area (Å²) in [6.45, 7) is 2.68. The van der Waals surface area contributed by atoms with Crippen LogP contribution in [0, 0.1) is 0 Å². The summed E-state index contributed by atoms with van der Waals surface area (Å²) in [4.78, 5) is 12.0. The largest absolute Gasteiger partial charge is 0.504 e. The highest BCUT2D eigenvalue weighted by Gasteiger charge is 2.16. The highest BCUT2D eigenvalue weighted by Crippen LogP contribution is 2.25. The molecular weight excluding hydrogens is 402 g/mol. The number of esters is 1. The molecule has 5 nitrogen and oxygen atoms in total. The summed E-state index contributed by atoms with van der Waals surface area (Å²) in [7, 11) is 0. The number of rotatable bonds is 20. The SMILES string of the molecule is CCCCCCCCCCCCCCCCCCOC(=O)C(N)Cc1ccc(O)c(O)c1. The molecule has 0 spiro atoms. The molecule has 0 bridgehead atoms. The average molecular weight is 450 g/mol. The number of aromatic hydroxyl groups is 2. The Morgan fingerprint density at radius 3 is 1.72 bits per heavy atom. The average Bonchev–Trinajstić information content (AvgIpc) is 2.78. The fraction of sp³-hybridized carbons (Fsp3) is 0.741. The van der Waals surface area contributed by atoms with E-state index < -0.39 is 12.0 Å². The molecule has 0 saturated carbocycles. The number of phenolic OH excluding ortho intramolecular Hbond substituents is 2. The molecule has 0 aliphatic carbocycles. The van der Waals surface area contributed by atoms with E-state index in [-0.39, 0.29) is 17.9 Å². The summed E-state index contributed by atoms with van der Waals surface area (Å²) in [5.74, 6) is -0.817. The normalized spacial score (nSPS) is 12.1. The molecule has 1 aromatic carbocycles. The molecule has 0 aromatic heterocycles. The van der Waals surface area contributed by atoms with Gasteiger partial charge in [0.15, 0.2) is 11.5 Å². The third-order valence-corrected chi connectivity index (χ3v) is 6.04. The molecule has 0 aliphatic heterocycles. The van der Waals surface area contributed by atoms with Crippen LogP contribution >= 0.6 is 0 Å². The van der Waals surface area contributed by atoms with Crippen LogP contribution in [0.3, 0.4) is 0 Å². The van der Waals surface area contributed by atoms with E-state index in [0.29, 0.717) is 12.2 Å². The lowest BCUT2D eigenvalue weighted by Gasteiger charge is -2.12. The molecule has 4 N–H and O–H groups in total. The summed E-state index contributed by atoms with van der Waals surface area (Å²) < 4.78 is 5.27. The van der Waals surface area contributed by atoms with E-state index in [1.165, 1.54) is 102 Å². The van der Waals surface area contributed by atoms with Crippen LogP contribution in [-0.4, -0.2) is 28.8 Å². The molecule has 184 valence electrons. The van der Waals surface area contributed by atoms with Crippen LogP contribution in [0.15, 0.2) is 18.2 Å². The van der Waals surface area contributed by atoms with Crippen molar-refractivity contribution < 1.29 is 19.7 Å². The molecule has 0 fully saturated rings. The van der Waals surface area contributed by atoms with Gasteiger partial charge in [0.25, 0.3) is 0 Å². The Labute approximate surface area is 195 Å². The van der Waals surface area contributed by atoms with E-state index in [1.54, 1.807) is 6.07 Å². The Balaban J connectivity index is 1.88. The van der Waals surface area contributed by atoms with Crippen molar-refractivity contribution in [2.45, 2.75) is 122 Å². The maximum absolute atomic E-state index is 12.0. The Hall–Kier alpha value is -1.75. The zero-order valence-corrected chi connectivity index (χ0v) is 20.3. The van der Waals surface area contributed by atoms with Crippen LogP contribution in [0.2, 0.25) is 0 Å². The zero-order chi connectivity index (χ0) is 23.4. The number of unbranched alkanes of at least 4 members (excludes halogenated alkanes) is 15. The number of carbonyl (C=O) groups excluding carboxylic acids is 1. The zero-order valence-electron chi connectivity index (χ0n) is 20.3. The van der Waals surface area contributed by atoms with Gasteiger partial charge in [-0.1, -0.05) is 109 Å². The monoisotopic (exact) mass is 449 g/mol. The summed E-state index contributed by atoms with van der Waals surface area (Å²) >= 11 is 0. The van der Waals surface area contributed by atoms with Crippen LogP contribution in [0.1, 0.15) is 115 Å². The van der Waals surface area contributed by atoms with Crippen molar-refractivity contribution in [2.75, 3.05) is 6.61 Å². The predicted octanol–water partition coefficient (Wildman–Crippen LogP) is 6.77. The second-order valence-electron chi connectivity index (χ2n) is 9.10. The fourth-order valence-electron chi connectivity index (χ4n) is 3.96. The summed E-state index contributed by atoms with van der Waals surface area (Å²) in [6, 6.07) is 3.68. The molecule has 0 amide bonds. The first-order valence-electron chi connectivity index (χ1n) is 13.0. The van der Waals surface area contributed by atoms with Gasteiger partial charge >= 0.3 is 5.97 Å². The highest BCUT2D eigenvalue weighted by atomic mass is 16.5. The van der Waals surface area contributed by atoms with Crippen molar-refractivity contribution in [1.82, 2.24) is 0 Å². The number of phenols is 2. The Kier molecular flexibility index (Phi) is 16.6. The summed E-state index contributed by atoms with van der Waals surface area (Å²) in [6.07, 6.45) is 21.3. The molecule has 32 heavy (non-hydrogen) atoms. The Bertz CT molecular complexity index is 605. The summed E-state index contributed by atoms with van der Waals surface area (Å²) in [5.41, 5.74) is 6.58. The van der Waals surface area contributed by atoms with E-state index in [0.717, 1.165) is 12.8 Å². The first-order valence-corrected chi connectivity index (χ1v) is 13.0. The van der Waals surface area contributed by atoms with Gasteiger partial charge in [0, 0.05) is 0 Å². The fourth-order valence-corrected chi connectivity index (χ4v) is 3.96. The van der Waals surface area contributed by atoms with Gasteiger partial charge in [-0.05, 0) is 30.5 Å². The molecule has 1 aromatic rings. The third kappa shape index (κ3) is 14.3. The van der Waals surface area contributed by atoms with Crippen LogP contribution in [0.5, 0.6) is 11.5 Å². The quantitative estimate of drug-likeness (QED) is 0.116. The van der Waals surface area contributed by atoms with Gasteiger partial charge < -0.3 is 20.7 Å². The number of hydrogen-bond acceptors (Lipinski definition) is 5. The molecular formula is C27H47NO4. The first kappa shape index (κ1) is 28.3. The van der Waals surface area contributed by atoms with Gasteiger partial charge in [0.05, 0.1) is 6.61 Å². The first-order chi connectivity index (χ1) is 15.5. The lowest BCUT2D eigenvalue weighted by Crippen LogP contribution is -2.34. The molecule has 1 unspecified atom stereocenters. The smallest absolute Gasteiger partial charge is 0.323 e. The van der Waals surface area contributed by atoms with E-state index >= 15 is 0 Å². The molecule has 0 radical (unpaired) electrons. The Morgan fingerprint density at radius 1 is 0.781 bits per heavy atom. The van der Waals surface area contributed by atoms with E-state index in [2.05, 4.69) is 6.92 Å². The molecule has 0 aliphatic rings. The number of carbonyl (C=O) groups is 1. The predicted molar refractivity (Wildman–Crippen MR) is 132 cm³/mol. The van der Waals surface area contributed by atoms with E-state index in [4.69, 9.17) is 10.5 Å². The molecule has 0 saturated heterocycles. The maximum atomic E-state index is 12.0. The summed E-state index contributed by atoms with van der Waals surface area (Å²) in [5, 5.41) is 18.8. The van der Waals surface area contributed by atoms with Crippen molar-refractivity contribution in [3.8, 4) is 11.5 Å². The number of benzene rings is 1. The lowest BCUT2D eigenvalue weighted by molar-refractivity contribution is -0.145. The highest BCUT2D eigenvalue weighted by molar-refractivity contribution is 5.75. The van der Waals surface area contributed by atoms with Crippen molar-refractivity contribution >= 4 is 5.97 Å². The van der Waals surface area contributed by atoms with Crippen LogP contribution in [0.4, 0.5) is 0 Å². The second kappa shape index (κ2) is 18.8. The number of ether oxygens (including phenoxy) is 1. The molecule has 5 heteroatoms. The topological polar surface area (TPSA) is 92.8 Å². The van der Waals surface area contributed by atoms with Crippen molar-refractivity contribution in [3.63, 3.8) is 0 Å². The van der Waals surface area contributed by atoms with Crippen LogP contribution < -0.4 is 5.73 Å². The number of nitrogens with two attached hydrogens (primary N) is 1. The van der Waals surface area contributed by atoms with Crippen molar-refractivity contribution in [2.24, 2.45) is 5.73 Å². The maximum Gasteiger partial charge on any atom is 0.323 e. The Morgan fingerprint density at radius 2 is 1.25 bits per heavy atom. The molecule has 1 atom stereocenters. The third-order valence-electron chi connectivity index (χ3n) is 6.04. The minimum absolute atomic E-state index is 0.187. The van der Waals surface area contributed by atoms with Gasteiger partial charge in [-0.3, -0.25) is 4.79 Å². The standard InChI is InChI=1S/C27H47NO4/c1-2-3-4-5-6-7-8-9-10-11-12-13-14-15-16-17-20-32-27(31)24(28)21-23-18-19-25(29)26(30)22-23/h18-19,22,24,29-30H,2-17,20-21,28H2,1H3. The van der Waals surface area contributed by atoms with Crippen LogP contribution in [0.25, 0.3) is 0 Å². The molecule has 1 rings (SSSR count). The van der Waals surface area contributed by atoms with Gasteiger partial charge in [0.2, 0.25) is 0 Å². The minimum atomic E-state index is -0.764. The van der Waals surface area contributed by atoms with Gasteiger partial charge in [-0.2, -0.15) is 0 Å². The van der Waals surface area contributed by atoms with E-state index in [1.807, 2.05) is 0 Å². The number of hydrogen-bond donors (Lipinski definition) is 3. The lowest BCUT2D eigenvalue weighted by atomic mass is 10.0. The van der Waals surface area contributed by atoms with E-state index in [9.17, 15) is 15.0 Å². The van der Waals surface area contributed by atoms with Crippen molar-refractivity contribution in [3.05, 3.63) is 23.8 Å². The second-order valence-corrected chi connectivity index (χ2v) is 9.10. The van der Waals surface area contributed by atoms with Crippen molar-refractivity contribution in [1.29, 1.82) is 0 Å².